The number of esters is 1. The van der Waals surface area contributed by atoms with Crippen molar-refractivity contribution in [2.24, 2.45) is 0 Å². The van der Waals surface area contributed by atoms with E-state index in [0.717, 1.165) is 12.0 Å². The minimum absolute atomic E-state index is 0.0357. The van der Waals surface area contributed by atoms with Gasteiger partial charge in [0.1, 0.15) is 5.75 Å². The summed E-state index contributed by atoms with van der Waals surface area (Å²) < 4.78 is 49.8. The number of amides is 1. The summed E-state index contributed by atoms with van der Waals surface area (Å²) in [4.78, 5) is 25.4. The minimum atomic E-state index is -4.17. The van der Waals surface area contributed by atoms with Crippen molar-refractivity contribution >= 4 is 21.9 Å². The fourth-order valence-corrected chi connectivity index (χ4v) is 4.83. The number of carbonyl (C=O) groups excluding carboxylic acids is 2. The largest absolute Gasteiger partial charge is 0.475 e. The first-order valence-electron chi connectivity index (χ1n) is 11.6. The monoisotopic (exact) mass is 525 g/mol. The highest BCUT2D eigenvalue weighted by atomic mass is 32.2. The third-order valence-electron chi connectivity index (χ3n) is 5.75. The van der Waals surface area contributed by atoms with Crippen LogP contribution in [0.25, 0.3) is 0 Å². The molecule has 0 saturated heterocycles. The van der Waals surface area contributed by atoms with Crippen LogP contribution in [-0.4, -0.2) is 34.2 Å². The highest BCUT2D eigenvalue weighted by Crippen LogP contribution is 2.36. The number of benzene rings is 3. The molecule has 37 heavy (non-hydrogen) atoms. The molecular formula is C27H27NO8S. The molecule has 0 fully saturated rings. The van der Waals surface area contributed by atoms with E-state index in [1.54, 1.807) is 42.5 Å². The molecule has 194 valence electrons. The van der Waals surface area contributed by atoms with E-state index in [0.29, 0.717) is 40.4 Å². The maximum atomic E-state index is 13.4. The Bertz CT molecular complexity index is 1420. The average molecular weight is 526 g/mol. The van der Waals surface area contributed by atoms with Crippen LogP contribution >= 0.6 is 0 Å². The number of ether oxygens (including phenoxy) is 4. The molecule has 1 atom stereocenters. The molecule has 3 aromatic rings. The van der Waals surface area contributed by atoms with Gasteiger partial charge >= 0.3 is 5.97 Å². The molecule has 0 radical (unpaired) electrons. The van der Waals surface area contributed by atoms with Gasteiger partial charge in [-0.2, -0.15) is 0 Å². The first-order chi connectivity index (χ1) is 17.7. The predicted molar refractivity (Wildman–Crippen MR) is 134 cm³/mol. The summed E-state index contributed by atoms with van der Waals surface area (Å²) in [6.07, 6.45) is -0.0598. The zero-order valence-corrected chi connectivity index (χ0v) is 21.5. The quantitative estimate of drug-likeness (QED) is 0.415. The van der Waals surface area contributed by atoms with E-state index in [-0.39, 0.29) is 11.7 Å². The van der Waals surface area contributed by atoms with Gasteiger partial charge < -0.3 is 18.9 Å². The zero-order chi connectivity index (χ0) is 26.6. The van der Waals surface area contributed by atoms with Crippen LogP contribution in [0.2, 0.25) is 0 Å². The molecule has 0 spiro atoms. The lowest BCUT2D eigenvalue weighted by atomic mass is 10.0. The van der Waals surface area contributed by atoms with Crippen LogP contribution in [0.15, 0.2) is 65.6 Å². The van der Waals surface area contributed by atoms with Crippen LogP contribution in [0.5, 0.6) is 17.2 Å². The van der Waals surface area contributed by atoms with E-state index >= 15 is 0 Å². The lowest BCUT2D eigenvalue weighted by Crippen LogP contribution is -2.37. The van der Waals surface area contributed by atoms with Crippen molar-refractivity contribution < 1.29 is 37.0 Å². The van der Waals surface area contributed by atoms with Crippen molar-refractivity contribution in [1.29, 1.82) is 0 Å². The zero-order valence-electron chi connectivity index (χ0n) is 20.6. The number of nitrogens with one attached hydrogen (secondary N) is 1. The third-order valence-corrected chi connectivity index (χ3v) is 7.11. The molecule has 1 amide bonds. The Hall–Kier alpha value is -4.05. The summed E-state index contributed by atoms with van der Waals surface area (Å²) in [6, 6.07) is 15.7. The Labute approximate surface area is 215 Å². The molecule has 1 aliphatic rings. The van der Waals surface area contributed by atoms with Gasteiger partial charge in [0.15, 0.2) is 11.5 Å². The summed E-state index contributed by atoms with van der Waals surface area (Å²) in [5.74, 6) is -0.142. The van der Waals surface area contributed by atoms with Crippen molar-refractivity contribution in [3.05, 3.63) is 82.9 Å². The van der Waals surface area contributed by atoms with Crippen LogP contribution in [0.1, 0.15) is 46.5 Å². The molecular weight excluding hydrogens is 498 g/mol. The Kier molecular flexibility index (Phi) is 7.68. The van der Waals surface area contributed by atoms with E-state index in [1.165, 1.54) is 25.3 Å². The van der Waals surface area contributed by atoms with Gasteiger partial charge in [-0.25, -0.2) is 17.9 Å². The molecule has 10 heteroatoms. The van der Waals surface area contributed by atoms with E-state index in [9.17, 15) is 18.0 Å². The number of hydrogen-bond donors (Lipinski definition) is 1. The number of hydrogen-bond acceptors (Lipinski definition) is 8. The van der Waals surface area contributed by atoms with Gasteiger partial charge in [-0.3, -0.25) is 4.79 Å². The van der Waals surface area contributed by atoms with Crippen LogP contribution in [0, 0.1) is 6.92 Å². The lowest BCUT2D eigenvalue weighted by molar-refractivity contribution is -0.126. The van der Waals surface area contributed by atoms with Gasteiger partial charge in [-0.1, -0.05) is 37.1 Å². The van der Waals surface area contributed by atoms with E-state index in [4.69, 9.17) is 18.9 Å². The molecule has 1 unspecified atom stereocenters. The maximum absolute atomic E-state index is 13.4. The Morgan fingerprint density at radius 1 is 1.00 bits per heavy atom. The topological polar surface area (TPSA) is 117 Å². The molecule has 0 aromatic heterocycles. The van der Waals surface area contributed by atoms with Crippen LogP contribution < -0.4 is 18.9 Å². The molecule has 0 aliphatic carbocycles. The first-order valence-corrected chi connectivity index (χ1v) is 13.1. The second kappa shape index (κ2) is 10.9. The fourth-order valence-electron chi connectivity index (χ4n) is 3.84. The van der Waals surface area contributed by atoms with Crippen LogP contribution in [-0.2, 0) is 26.0 Å². The minimum Gasteiger partial charge on any atom is -0.475 e. The number of sulfonamides is 1. The second-order valence-corrected chi connectivity index (χ2v) is 10.1. The van der Waals surface area contributed by atoms with Crippen LogP contribution in [0.3, 0.4) is 0 Å². The van der Waals surface area contributed by atoms with Crippen molar-refractivity contribution in [2.45, 2.75) is 37.7 Å². The predicted octanol–water partition coefficient (Wildman–Crippen LogP) is 4.09. The summed E-state index contributed by atoms with van der Waals surface area (Å²) >= 11 is 0. The average Bonchev–Trinajstić information content (AvgIpc) is 3.35. The smallest absolute Gasteiger partial charge is 0.337 e. The SMILES string of the molecule is CCCc1cc(C(=O)OC)ccc1OC(C(=O)NS(=O)(=O)c1ccc(C)cc1)c1ccc2c(c1)OCO2. The van der Waals surface area contributed by atoms with Crippen molar-refractivity contribution in [3.8, 4) is 17.2 Å². The highest BCUT2D eigenvalue weighted by Gasteiger charge is 2.30. The molecule has 1 heterocycles. The maximum Gasteiger partial charge on any atom is 0.337 e. The summed E-state index contributed by atoms with van der Waals surface area (Å²) in [7, 11) is -2.88. The van der Waals surface area contributed by atoms with Crippen LogP contribution in [0.4, 0.5) is 0 Å². The second-order valence-electron chi connectivity index (χ2n) is 8.46. The Balaban J connectivity index is 1.71. The number of fused-ring (bicyclic) bond motifs is 1. The summed E-state index contributed by atoms with van der Waals surface area (Å²) in [5, 5.41) is 0. The molecule has 9 nitrogen and oxygen atoms in total. The van der Waals surface area contributed by atoms with Gasteiger partial charge in [-0.05, 0) is 61.4 Å². The van der Waals surface area contributed by atoms with Crippen molar-refractivity contribution in [1.82, 2.24) is 4.72 Å². The normalized spacial score (nSPS) is 13.1. The standard InChI is InChI=1S/C27H27NO8S/c1-4-5-18-14-20(27(30)33-3)9-12-22(18)36-25(19-8-13-23-24(15-19)35-16-34-23)26(29)28-37(31,32)21-10-6-17(2)7-11-21/h6-15,25H,4-5,16H2,1-3H3,(H,28,29). The number of aryl methyl sites for hydroxylation is 2. The molecule has 1 aliphatic heterocycles. The van der Waals surface area contributed by atoms with E-state index in [1.807, 2.05) is 13.8 Å². The molecule has 3 aromatic carbocycles. The Morgan fingerprint density at radius 2 is 1.73 bits per heavy atom. The molecule has 4 rings (SSSR count). The van der Waals surface area contributed by atoms with E-state index < -0.39 is 28.0 Å². The highest BCUT2D eigenvalue weighted by molar-refractivity contribution is 7.90. The first kappa shape index (κ1) is 26.0. The van der Waals surface area contributed by atoms with Gasteiger partial charge in [0, 0.05) is 5.56 Å². The Morgan fingerprint density at radius 3 is 2.43 bits per heavy atom. The summed E-state index contributed by atoms with van der Waals surface area (Å²) in [5.41, 5.74) is 2.25. The number of carbonyl (C=O) groups is 2. The summed E-state index contributed by atoms with van der Waals surface area (Å²) in [6.45, 7) is 3.83. The lowest BCUT2D eigenvalue weighted by Gasteiger charge is -2.21. The van der Waals surface area contributed by atoms with Gasteiger partial charge in [0.05, 0.1) is 17.6 Å². The number of rotatable bonds is 9. The molecule has 0 bridgehead atoms. The van der Waals surface area contributed by atoms with Crippen molar-refractivity contribution in [3.63, 3.8) is 0 Å². The van der Waals surface area contributed by atoms with Gasteiger partial charge in [-0.15, -0.1) is 0 Å². The van der Waals surface area contributed by atoms with Crippen molar-refractivity contribution in [2.75, 3.05) is 13.9 Å². The van der Waals surface area contributed by atoms with Gasteiger partial charge in [0.25, 0.3) is 15.9 Å². The third kappa shape index (κ3) is 5.86. The van der Waals surface area contributed by atoms with Gasteiger partial charge in [0.2, 0.25) is 12.9 Å². The molecule has 0 saturated carbocycles. The fraction of sp³-hybridized carbons (Fsp3) is 0.259. The number of methoxy groups -OCH3 is 1. The molecule has 1 N–H and O–H groups in total. The van der Waals surface area contributed by atoms with E-state index in [2.05, 4.69) is 4.72 Å².